The highest BCUT2D eigenvalue weighted by Gasteiger charge is 2.41. The Balaban J connectivity index is 2.80. The van der Waals surface area contributed by atoms with Gasteiger partial charge in [0.05, 0.1) is 13.2 Å². The van der Waals surface area contributed by atoms with Crippen molar-refractivity contribution in [3.63, 3.8) is 0 Å². The summed E-state index contributed by atoms with van der Waals surface area (Å²) in [4.78, 5) is 10.2. The molecule has 0 bridgehead atoms. The minimum atomic E-state index is -4.22. The Hall–Kier alpha value is -0.490. The number of phenolic OH excluding ortho intramolecular Hbond substituents is 1. The molecule has 1 rings (SSSR count). The fourth-order valence-corrected chi connectivity index (χ4v) is 3.07. The molecule has 0 spiro atoms. The lowest BCUT2D eigenvalue weighted by molar-refractivity contribution is -0.254. The van der Waals surface area contributed by atoms with Gasteiger partial charge in [-0.05, 0) is 69.8 Å². The van der Waals surface area contributed by atoms with Crippen LogP contribution in [0.5, 0.6) is 5.75 Å². The molecule has 0 amide bonds. The highest BCUT2D eigenvalue weighted by Crippen LogP contribution is 2.28. The van der Waals surface area contributed by atoms with Crippen LogP contribution >= 0.6 is 45.2 Å². The van der Waals surface area contributed by atoms with E-state index in [1.54, 1.807) is 12.1 Å². The molecule has 0 heterocycles. The zero-order valence-corrected chi connectivity index (χ0v) is 14.4. The maximum Gasteiger partial charge on any atom is 0.456 e. The molecule has 0 aliphatic rings. The van der Waals surface area contributed by atoms with Crippen molar-refractivity contribution in [1.82, 2.24) is 0 Å². The van der Waals surface area contributed by atoms with Gasteiger partial charge in [0.25, 0.3) is 0 Å². The van der Waals surface area contributed by atoms with Crippen LogP contribution < -0.4 is 0 Å². The first-order chi connectivity index (χ1) is 9.13. The van der Waals surface area contributed by atoms with Crippen LogP contribution in [0.15, 0.2) is 18.2 Å². The maximum atomic E-state index is 12.8. The third-order valence-electron chi connectivity index (χ3n) is 2.18. The summed E-state index contributed by atoms with van der Waals surface area (Å²) in [6, 6.07) is 3.33. The average molecular weight is 510 g/mol. The molecule has 0 fully saturated rings. The van der Waals surface area contributed by atoms with E-state index < -0.39 is 18.2 Å². The highest BCUT2D eigenvalue weighted by molar-refractivity contribution is 14.1. The van der Waals surface area contributed by atoms with Gasteiger partial charge in [0.15, 0.2) is 0 Å². The average Bonchev–Trinajstić information content (AvgIpc) is 2.32. The quantitative estimate of drug-likeness (QED) is 0.594. The van der Waals surface area contributed by atoms with Gasteiger partial charge in [0, 0.05) is 0 Å². The Kier molecular flexibility index (Phi) is 6.13. The molecule has 110 valence electrons. The van der Waals surface area contributed by atoms with E-state index in [2.05, 4.69) is 4.74 Å². The molecule has 0 radical (unpaired) electrons. The third-order valence-corrected chi connectivity index (χ3v) is 3.83. The summed E-state index contributed by atoms with van der Waals surface area (Å²) in [5.74, 6) is -2.17. The normalized spacial score (nSPS) is 13.7. The number of aromatic hydroxyl groups is 1. The van der Waals surface area contributed by atoms with Crippen molar-refractivity contribution in [3.05, 3.63) is 30.9 Å². The minimum absolute atomic E-state index is 0.157. The standard InChI is InChI=1S/C12H10F2I2O4/c1-6(20-12(13,14)11(18)19)2-3-7-4-8(15)10(17)9(16)5-7/h2-6,17H,1H3,(H,18,19)/b3-2+. The van der Waals surface area contributed by atoms with Crippen molar-refractivity contribution in [2.45, 2.75) is 19.1 Å². The number of phenols is 1. The first-order valence-corrected chi connectivity index (χ1v) is 7.44. The number of halogens is 4. The van der Waals surface area contributed by atoms with Crippen LogP contribution in [-0.4, -0.2) is 28.4 Å². The van der Waals surface area contributed by atoms with Gasteiger partial charge >= 0.3 is 12.1 Å². The van der Waals surface area contributed by atoms with Crippen LogP contribution in [0, 0.1) is 7.14 Å². The molecule has 1 aromatic rings. The molecule has 1 unspecified atom stereocenters. The molecular formula is C12H10F2I2O4. The monoisotopic (exact) mass is 510 g/mol. The molecule has 4 nitrogen and oxygen atoms in total. The van der Waals surface area contributed by atoms with Crippen LogP contribution in [0.3, 0.4) is 0 Å². The van der Waals surface area contributed by atoms with Gasteiger partial charge in [-0.15, -0.1) is 0 Å². The lowest BCUT2D eigenvalue weighted by atomic mass is 10.2. The van der Waals surface area contributed by atoms with Gasteiger partial charge in [-0.2, -0.15) is 8.78 Å². The second-order valence-electron chi connectivity index (χ2n) is 3.84. The summed E-state index contributed by atoms with van der Waals surface area (Å²) in [7, 11) is 0. The second-order valence-corrected chi connectivity index (χ2v) is 6.16. The number of alkyl halides is 2. The number of benzene rings is 1. The van der Waals surface area contributed by atoms with Crippen LogP contribution in [0.25, 0.3) is 6.08 Å². The molecule has 0 aliphatic carbocycles. The smallest absolute Gasteiger partial charge is 0.456 e. The van der Waals surface area contributed by atoms with Crippen LogP contribution in [0.4, 0.5) is 8.78 Å². The van der Waals surface area contributed by atoms with Crippen LogP contribution in [-0.2, 0) is 9.53 Å². The van der Waals surface area contributed by atoms with Gasteiger partial charge in [-0.3, -0.25) is 0 Å². The van der Waals surface area contributed by atoms with E-state index in [0.717, 1.165) is 0 Å². The number of hydrogen-bond donors (Lipinski definition) is 2. The summed E-state index contributed by atoms with van der Waals surface area (Å²) in [5.41, 5.74) is 0.686. The van der Waals surface area contributed by atoms with E-state index in [-0.39, 0.29) is 5.75 Å². The van der Waals surface area contributed by atoms with Crippen molar-refractivity contribution in [3.8, 4) is 5.75 Å². The second kappa shape index (κ2) is 6.98. The molecule has 2 N–H and O–H groups in total. The van der Waals surface area contributed by atoms with E-state index in [1.807, 2.05) is 45.2 Å². The molecule has 1 atom stereocenters. The molecule has 20 heavy (non-hydrogen) atoms. The largest absolute Gasteiger partial charge is 0.506 e. The van der Waals surface area contributed by atoms with Gasteiger partial charge in [0.2, 0.25) is 0 Å². The fourth-order valence-electron chi connectivity index (χ4n) is 1.25. The third kappa shape index (κ3) is 4.81. The lowest BCUT2D eigenvalue weighted by Gasteiger charge is -2.15. The van der Waals surface area contributed by atoms with Crippen molar-refractivity contribution >= 4 is 57.2 Å². The van der Waals surface area contributed by atoms with Gasteiger partial charge in [-0.25, -0.2) is 4.79 Å². The van der Waals surface area contributed by atoms with Crippen molar-refractivity contribution < 1.29 is 28.5 Å². The summed E-state index contributed by atoms with van der Waals surface area (Å²) in [6.45, 7) is 1.31. The first kappa shape index (κ1) is 17.6. The summed E-state index contributed by atoms with van der Waals surface area (Å²) < 4.78 is 31.0. The number of carboxylic acids is 1. The van der Waals surface area contributed by atoms with Gasteiger partial charge in [0.1, 0.15) is 5.75 Å². The van der Waals surface area contributed by atoms with E-state index >= 15 is 0 Å². The summed E-state index contributed by atoms with van der Waals surface area (Å²) in [6.07, 6.45) is -2.46. The van der Waals surface area contributed by atoms with Crippen molar-refractivity contribution in [2.75, 3.05) is 0 Å². The Labute approximate surface area is 141 Å². The Morgan fingerprint density at radius 3 is 2.35 bits per heavy atom. The fraction of sp³-hybridized carbons (Fsp3) is 0.250. The van der Waals surface area contributed by atoms with Crippen LogP contribution in [0.1, 0.15) is 12.5 Å². The van der Waals surface area contributed by atoms with Crippen molar-refractivity contribution in [1.29, 1.82) is 0 Å². The van der Waals surface area contributed by atoms with E-state index in [9.17, 15) is 18.7 Å². The topological polar surface area (TPSA) is 66.8 Å². The predicted octanol–water partition coefficient (Wildman–Crippen LogP) is 3.70. The molecule has 8 heteroatoms. The van der Waals surface area contributed by atoms with E-state index in [4.69, 9.17) is 5.11 Å². The lowest BCUT2D eigenvalue weighted by Crippen LogP contribution is -2.34. The van der Waals surface area contributed by atoms with Crippen LogP contribution in [0.2, 0.25) is 0 Å². The molecule has 0 saturated carbocycles. The zero-order chi connectivity index (χ0) is 15.5. The van der Waals surface area contributed by atoms with Gasteiger partial charge < -0.3 is 14.9 Å². The SMILES string of the molecule is CC(/C=C/c1cc(I)c(O)c(I)c1)OC(F)(F)C(=O)O. The number of aliphatic carboxylic acids is 1. The number of ether oxygens (including phenoxy) is 1. The highest BCUT2D eigenvalue weighted by atomic mass is 127. The molecule has 0 aromatic heterocycles. The molecular weight excluding hydrogens is 500 g/mol. The summed E-state index contributed by atoms with van der Waals surface area (Å²) >= 11 is 3.89. The van der Waals surface area contributed by atoms with E-state index in [1.165, 1.54) is 19.1 Å². The first-order valence-electron chi connectivity index (χ1n) is 5.28. The Morgan fingerprint density at radius 2 is 1.90 bits per heavy atom. The van der Waals surface area contributed by atoms with E-state index in [0.29, 0.717) is 12.7 Å². The maximum absolute atomic E-state index is 12.8. The Bertz CT molecular complexity index is 523. The molecule has 0 saturated heterocycles. The number of hydrogen-bond acceptors (Lipinski definition) is 3. The number of rotatable bonds is 5. The zero-order valence-electron chi connectivity index (χ0n) is 10.1. The predicted molar refractivity (Wildman–Crippen MR) is 85.7 cm³/mol. The molecule has 1 aromatic carbocycles. The Morgan fingerprint density at radius 1 is 1.40 bits per heavy atom. The van der Waals surface area contributed by atoms with Gasteiger partial charge in [-0.1, -0.05) is 12.2 Å². The summed E-state index contributed by atoms with van der Waals surface area (Å²) in [5, 5.41) is 17.8. The van der Waals surface area contributed by atoms with Crippen molar-refractivity contribution in [2.24, 2.45) is 0 Å². The number of carboxylic acid groups (broad SMARTS) is 1. The minimum Gasteiger partial charge on any atom is -0.506 e. The molecule has 0 aliphatic heterocycles. The number of carbonyl (C=O) groups is 1.